The van der Waals surface area contributed by atoms with Crippen molar-refractivity contribution in [3.63, 3.8) is 0 Å². The number of imide groups is 1. The number of nitrogens with one attached hydrogen (secondary N) is 1. The van der Waals surface area contributed by atoms with Crippen LogP contribution in [-0.4, -0.2) is 28.7 Å². The molecule has 1 aliphatic heterocycles. The lowest BCUT2D eigenvalue weighted by Gasteiger charge is -2.21. The molecular weight excluding hydrogens is 491 g/mol. The molecule has 1 saturated heterocycles. The molecule has 7 nitrogen and oxygen atoms in total. The summed E-state index contributed by atoms with van der Waals surface area (Å²) in [5.41, 5.74) is 2.16. The van der Waals surface area contributed by atoms with Gasteiger partial charge in [-0.25, -0.2) is 9.69 Å². The monoisotopic (exact) mass is 514 g/mol. The number of carbonyl (C=O) groups is 2. The number of aromatic hydroxyl groups is 1. The molecule has 0 saturated carbocycles. The van der Waals surface area contributed by atoms with E-state index in [1.54, 1.807) is 0 Å². The third-order valence-corrected chi connectivity index (χ3v) is 6.25. The number of hydrogen-bond acceptors (Lipinski definition) is 5. The fourth-order valence-electron chi connectivity index (χ4n) is 3.73. The number of urea groups is 1. The molecule has 3 aromatic carbocycles. The summed E-state index contributed by atoms with van der Waals surface area (Å²) in [6.45, 7) is 6.20. The van der Waals surface area contributed by atoms with Gasteiger partial charge in [0.1, 0.15) is 17.6 Å². The summed E-state index contributed by atoms with van der Waals surface area (Å²) in [5, 5.41) is 23.9. The summed E-state index contributed by atoms with van der Waals surface area (Å²) in [6, 6.07) is 14.2. The molecule has 1 atom stereocenters. The van der Waals surface area contributed by atoms with Gasteiger partial charge in [-0.3, -0.25) is 4.79 Å². The van der Waals surface area contributed by atoms with Crippen molar-refractivity contribution in [2.24, 2.45) is 0 Å². The van der Waals surface area contributed by atoms with Gasteiger partial charge in [-0.15, -0.1) is 0 Å². The standard InChI is InChI=1S/C26H24Cl2N2O5/c1-26(2,3)15-6-4-14(5-7-15)23(33)18-12-17(8-9-21(18)31)35-24-19(27)10-16(11-20(24)28)30-22(32)13-29-25(30)34/h4-12,23,31,33H,13H2,1-3H3,(H,29,34). The van der Waals surface area contributed by atoms with Gasteiger partial charge in [0.25, 0.3) is 5.91 Å². The summed E-state index contributed by atoms with van der Waals surface area (Å²) >= 11 is 12.7. The van der Waals surface area contributed by atoms with E-state index in [1.165, 1.54) is 30.3 Å². The van der Waals surface area contributed by atoms with Gasteiger partial charge in [0.15, 0.2) is 5.75 Å². The van der Waals surface area contributed by atoms with Gasteiger partial charge in [0.05, 0.1) is 22.3 Å². The Morgan fingerprint density at radius 3 is 2.17 bits per heavy atom. The van der Waals surface area contributed by atoms with E-state index in [1.807, 2.05) is 24.3 Å². The van der Waals surface area contributed by atoms with Crippen LogP contribution in [0, 0.1) is 0 Å². The predicted molar refractivity (Wildman–Crippen MR) is 135 cm³/mol. The molecule has 9 heteroatoms. The van der Waals surface area contributed by atoms with E-state index in [-0.39, 0.29) is 50.5 Å². The van der Waals surface area contributed by atoms with Crippen molar-refractivity contribution >= 4 is 40.8 Å². The molecule has 0 bridgehead atoms. The Morgan fingerprint density at radius 2 is 1.63 bits per heavy atom. The predicted octanol–water partition coefficient (Wildman–Crippen LogP) is 5.93. The number of carbonyl (C=O) groups excluding carboxylic acids is 2. The number of rotatable bonds is 5. The number of aliphatic hydroxyl groups excluding tert-OH is 1. The number of phenols is 1. The van der Waals surface area contributed by atoms with E-state index in [2.05, 4.69) is 26.1 Å². The highest BCUT2D eigenvalue weighted by Crippen LogP contribution is 2.42. The van der Waals surface area contributed by atoms with Gasteiger partial charge >= 0.3 is 6.03 Å². The fourth-order valence-corrected chi connectivity index (χ4v) is 4.29. The summed E-state index contributed by atoms with van der Waals surface area (Å²) in [4.78, 5) is 24.9. The molecule has 1 aliphatic rings. The molecule has 1 fully saturated rings. The Bertz CT molecular complexity index is 1260. The number of halogens is 2. The molecule has 0 aliphatic carbocycles. The van der Waals surface area contributed by atoms with Crippen LogP contribution >= 0.6 is 23.2 Å². The molecule has 4 rings (SSSR count). The zero-order chi connectivity index (χ0) is 25.5. The Kier molecular flexibility index (Phi) is 6.68. The van der Waals surface area contributed by atoms with E-state index in [9.17, 15) is 19.8 Å². The smallest absolute Gasteiger partial charge is 0.329 e. The maximum absolute atomic E-state index is 12.0. The molecule has 3 amide bonds. The number of nitrogens with zero attached hydrogens (tertiary/aromatic N) is 1. The molecule has 35 heavy (non-hydrogen) atoms. The Balaban J connectivity index is 1.61. The fraction of sp³-hybridized carbons (Fsp3) is 0.231. The number of phenolic OH excluding ortho intramolecular Hbond substituents is 1. The van der Waals surface area contributed by atoms with E-state index < -0.39 is 18.0 Å². The third kappa shape index (κ3) is 5.07. The van der Waals surface area contributed by atoms with Crippen molar-refractivity contribution in [2.75, 3.05) is 11.4 Å². The molecule has 0 radical (unpaired) electrons. The number of anilines is 1. The van der Waals surface area contributed by atoms with Gasteiger partial charge in [-0.1, -0.05) is 68.2 Å². The number of ether oxygens (including phenoxy) is 1. The van der Waals surface area contributed by atoms with Crippen molar-refractivity contribution in [1.82, 2.24) is 5.32 Å². The number of amides is 3. The highest BCUT2D eigenvalue weighted by molar-refractivity contribution is 6.38. The normalized spacial score (nSPS) is 14.7. The van der Waals surface area contributed by atoms with Gasteiger partial charge in [0, 0.05) is 5.56 Å². The number of benzene rings is 3. The average molecular weight is 515 g/mol. The van der Waals surface area contributed by atoms with Crippen LogP contribution in [-0.2, 0) is 10.2 Å². The SMILES string of the molecule is CC(C)(C)c1ccc(C(O)c2cc(Oc3c(Cl)cc(N4C(=O)CNC4=O)cc3Cl)ccc2O)cc1. The first-order valence-electron chi connectivity index (χ1n) is 10.8. The largest absolute Gasteiger partial charge is 0.508 e. The van der Waals surface area contributed by atoms with Crippen LogP contribution < -0.4 is 15.0 Å². The second-order valence-corrected chi connectivity index (χ2v) is 10.0. The minimum absolute atomic E-state index is 0.0284. The molecule has 1 unspecified atom stereocenters. The van der Waals surface area contributed by atoms with E-state index >= 15 is 0 Å². The van der Waals surface area contributed by atoms with Crippen molar-refractivity contribution < 1.29 is 24.5 Å². The van der Waals surface area contributed by atoms with Crippen LogP contribution in [0.3, 0.4) is 0 Å². The van der Waals surface area contributed by atoms with E-state index in [0.29, 0.717) is 5.56 Å². The van der Waals surface area contributed by atoms with Gasteiger partial charge < -0.3 is 20.3 Å². The van der Waals surface area contributed by atoms with Crippen molar-refractivity contribution in [1.29, 1.82) is 0 Å². The van der Waals surface area contributed by atoms with Crippen LogP contribution in [0.15, 0.2) is 54.6 Å². The lowest BCUT2D eigenvalue weighted by Crippen LogP contribution is -2.30. The summed E-state index contributed by atoms with van der Waals surface area (Å²) in [5.74, 6) is -0.154. The molecule has 182 valence electrons. The second kappa shape index (κ2) is 9.41. The lowest BCUT2D eigenvalue weighted by molar-refractivity contribution is -0.115. The minimum atomic E-state index is -1.10. The van der Waals surface area contributed by atoms with Crippen LogP contribution in [0.5, 0.6) is 17.2 Å². The Hall–Kier alpha value is -3.26. The van der Waals surface area contributed by atoms with Crippen molar-refractivity contribution in [3.05, 3.63) is 81.3 Å². The highest BCUT2D eigenvalue weighted by Gasteiger charge is 2.31. The first kappa shape index (κ1) is 24.9. The first-order valence-corrected chi connectivity index (χ1v) is 11.6. The average Bonchev–Trinajstić information content (AvgIpc) is 3.14. The summed E-state index contributed by atoms with van der Waals surface area (Å²) in [6.07, 6.45) is -1.10. The van der Waals surface area contributed by atoms with Crippen LogP contribution in [0.2, 0.25) is 10.0 Å². The molecule has 0 aromatic heterocycles. The Labute approximate surface area is 212 Å². The second-order valence-electron chi connectivity index (χ2n) is 9.22. The highest BCUT2D eigenvalue weighted by atomic mass is 35.5. The molecule has 3 N–H and O–H groups in total. The minimum Gasteiger partial charge on any atom is -0.508 e. The van der Waals surface area contributed by atoms with E-state index in [4.69, 9.17) is 27.9 Å². The maximum atomic E-state index is 12.0. The molecule has 3 aromatic rings. The topological polar surface area (TPSA) is 99.1 Å². The summed E-state index contributed by atoms with van der Waals surface area (Å²) in [7, 11) is 0. The number of aliphatic hydroxyl groups is 1. The van der Waals surface area contributed by atoms with Crippen molar-refractivity contribution in [2.45, 2.75) is 32.3 Å². The molecular formula is C26H24Cl2N2O5. The summed E-state index contributed by atoms with van der Waals surface area (Å²) < 4.78 is 5.87. The quantitative estimate of drug-likeness (QED) is 0.366. The molecule has 0 spiro atoms. The lowest BCUT2D eigenvalue weighted by atomic mass is 9.86. The van der Waals surface area contributed by atoms with Crippen LogP contribution in [0.4, 0.5) is 10.5 Å². The van der Waals surface area contributed by atoms with Crippen LogP contribution in [0.25, 0.3) is 0 Å². The number of hydrogen-bond donors (Lipinski definition) is 3. The maximum Gasteiger partial charge on any atom is 0.329 e. The third-order valence-electron chi connectivity index (χ3n) is 5.69. The van der Waals surface area contributed by atoms with Gasteiger partial charge in [-0.2, -0.15) is 0 Å². The van der Waals surface area contributed by atoms with Crippen LogP contribution in [0.1, 0.15) is 43.6 Å². The van der Waals surface area contributed by atoms with E-state index in [0.717, 1.165) is 10.5 Å². The zero-order valence-electron chi connectivity index (χ0n) is 19.3. The zero-order valence-corrected chi connectivity index (χ0v) is 20.8. The first-order chi connectivity index (χ1) is 16.5. The van der Waals surface area contributed by atoms with Gasteiger partial charge in [0.2, 0.25) is 0 Å². The molecule has 1 heterocycles. The van der Waals surface area contributed by atoms with Crippen molar-refractivity contribution in [3.8, 4) is 17.2 Å². The Morgan fingerprint density at radius 1 is 1.00 bits per heavy atom. The van der Waals surface area contributed by atoms with Gasteiger partial charge in [-0.05, 0) is 46.9 Å².